The molecule has 0 aromatic heterocycles. The molecule has 0 heteroatoms. The first-order chi connectivity index (χ1) is 18.8. The maximum absolute atomic E-state index is 4.30. The molecule has 0 heterocycles. The predicted octanol–water partition coefficient (Wildman–Crippen LogP) is 9.74. The molecule has 0 aliphatic heterocycles. The molecular formula is C38H30. The Balaban J connectivity index is 1.87. The first-order valence-electron chi connectivity index (χ1n) is 13.2. The molecule has 182 valence electrons. The molecule has 5 aromatic rings. The van der Waals surface area contributed by atoms with E-state index in [1.807, 2.05) is 0 Å². The summed E-state index contributed by atoms with van der Waals surface area (Å²) >= 11 is 0. The summed E-state index contributed by atoms with van der Waals surface area (Å²) in [6, 6.07) is 54.6. The van der Waals surface area contributed by atoms with Crippen molar-refractivity contribution in [3.63, 3.8) is 0 Å². The quantitative estimate of drug-likeness (QED) is 0.201. The van der Waals surface area contributed by atoms with Crippen LogP contribution in [0.25, 0.3) is 22.3 Å². The van der Waals surface area contributed by atoms with Crippen molar-refractivity contribution in [2.45, 2.75) is 11.8 Å². The average Bonchev–Trinajstić information content (AvgIpc) is 3.31. The Labute approximate surface area is 226 Å². The molecule has 38 heavy (non-hydrogen) atoms. The van der Waals surface area contributed by atoms with E-state index in [9.17, 15) is 0 Å². The topological polar surface area (TPSA) is 0 Å². The molecule has 0 saturated carbocycles. The second-order valence-electron chi connectivity index (χ2n) is 9.73. The van der Waals surface area contributed by atoms with Crippen LogP contribution >= 0.6 is 0 Å². The van der Waals surface area contributed by atoms with Crippen LogP contribution in [0, 0.1) is 0 Å². The molecule has 0 bridgehead atoms. The van der Waals surface area contributed by atoms with Crippen molar-refractivity contribution in [3.8, 4) is 0 Å². The van der Waals surface area contributed by atoms with Gasteiger partial charge in [-0.25, -0.2) is 0 Å². The van der Waals surface area contributed by atoms with Crippen LogP contribution < -0.4 is 0 Å². The second-order valence-corrected chi connectivity index (χ2v) is 9.73. The third-order valence-electron chi connectivity index (χ3n) is 7.57. The van der Waals surface area contributed by atoms with Gasteiger partial charge >= 0.3 is 0 Å². The van der Waals surface area contributed by atoms with Crippen LogP contribution in [0.1, 0.15) is 34.2 Å². The lowest BCUT2D eigenvalue weighted by atomic mass is 9.65. The van der Waals surface area contributed by atoms with Gasteiger partial charge in [0.15, 0.2) is 0 Å². The first kappa shape index (κ1) is 23.7. The summed E-state index contributed by atoms with van der Waals surface area (Å²) in [6.45, 7) is 4.30. The van der Waals surface area contributed by atoms with Crippen molar-refractivity contribution < 1.29 is 0 Å². The number of hydrogen-bond donors (Lipinski definition) is 0. The van der Waals surface area contributed by atoms with Crippen molar-refractivity contribution in [1.29, 1.82) is 0 Å². The van der Waals surface area contributed by atoms with Gasteiger partial charge in [-0.1, -0.05) is 158 Å². The lowest BCUT2D eigenvalue weighted by molar-refractivity contribution is 0.733. The van der Waals surface area contributed by atoms with Gasteiger partial charge in [0.2, 0.25) is 0 Å². The van der Waals surface area contributed by atoms with Crippen LogP contribution in [0.5, 0.6) is 0 Å². The van der Waals surface area contributed by atoms with E-state index in [-0.39, 0.29) is 0 Å². The van der Waals surface area contributed by atoms with Gasteiger partial charge in [0.05, 0.1) is 5.41 Å². The number of rotatable bonds is 7. The highest BCUT2D eigenvalue weighted by Crippen LogP contribution is 2.63. The van der Waals surface area contributed by atoms with E-state index in [0.717, 1.165) is 6.42 Å². The van der Waals surface area contributed by atoms with Crippen LogP contribution in [-0.2, 0) is 5.41 Å². The van der Waals surface area contributed by atoms with Crippen molar-refractivity contribution in [2.75, 3.05) is 0 Å². The Morgan fingerprint density at radius 1 is 0.421 bits per heavy atom. The third kappa shape index (κ3) is 3.96. The summed E-state index contributed by atoms with van der Waals surface area (Å²) in [5.74, 6) is 0. The van der Waals surface area contributed by atoms with Gasteiger partial charge < -0.3 is 0 Å². The minimum atomic E-state index is -0.429. The summed E-state index contributed by atoms with van der Waals surface area (Å²) in [6.07, 6.45) is 2.87. The van der Waals surface area contributed by atoms with Gasteiger partial charge in [0.25, 0.3) is 0 Å². The monoisotopic (exact) mass is 486 g/mol. The summed E-state index contributed by atoms with van der Waals surface area (Å²) in [4.78, 5) is 0. The largest absolute Gasteiger partial charge is 0.103 e. The van der Waals surface area contributed by atoms with Gasteiger partial charge in [0, 0.05) is 0 Å². The molecule has 0 radical (unpaired) electrons. The van der Waals surface area contributed by atoms with E-state index in [2.05, 4.69) is 164 Å². The van der Waals surface area contributed by atoms with Crippen LogP contribution in [0.2, 0.25) is 0 Å². The van der Waals surface area contributed by atoms with E-state index < -0.39 is 5.41 Å². The van der Waals surface area contributed by atoms with E-state index in [4.69, 9.17) is 0 Å². The van der Waals surface area contributed by atoms with E-state index in [1.54, 1.807) is 0 Å². The number of allylic oxidation sites excluding steroid dienone is 5. The van der Waals surface area contributed by atoms with Crippen molar-refractivity contribution >= 4 is 22.3 Å². The van der Waals surface area contributed by atoms with Crippen LogP contribution in [0.4, 0.5) is 0 Å². The molecule has 0 nitrogen and oxygen atoms in total. The Kier molecular flexibility index (Phi) is 6.46. The predicted molar refractivity (Wildman–Crippen MR) is 162 cm³/mol. The van der Waals surface area contributed by atoms with Crippen LogP contribution in [0.3, 0.4) is 0 Å². The maximum Gasteiger partial charge on any atom is 0.0510 e. The molecule has 1 aliphatic rings. The Bertz CT molecular complexity index is 1490. The third-order valence-corrected chi connectivity index (χ3v) is 7.57. The molecule has 1 aliphatic carbocycles. The summed E-state index contributed by atoms with van der Waals surface area (Å²) in [5.41, 5.74) is 11.0. The van der Waals surface area contributed by atoms with Gasteiger partial charge in [0.1, 0.15) is 0 Å². The van der Waals surface area contributed by atoms with Crippen molar-refractivity contribution in [3.05, 3.63) is 192 Å². The van der Waals surface area contributed by atoms with Gasteiger partial charge in [-0.3, -0.25) is 0 Å². The molecule has 0 fully saturated rings. The second kappa shape index (κ2) is 10.4. The highest BCUT2D eigenvalue weighted by atomic mass is 14.5. The lowest BCUT2D eigenvalue weighted by Gasteiger charge is -2.37. The SMILES string of the molecule is C=CCC1(c2ccccc2)C(c2ccccc2)=C(c2ccccc2)C(c2ccccc2)=C1c1ccccc1. The van der Waals surface area contributed by atoms with E-state index in [0.29, 0.717) is 0 Å². The minimum Gasteiger partial charge on any atom is -0.103 e. The Morgan fingerprint density at radius 2 is 0.737 bits per heavy atom. The molecule has 0 unspecified atom stereocenters. The van der Waals surface area contributed by atoms with Crippen LogP contribution in [0.15, 0.2) is 164 Å². The molecule has 0 amide bonds. The van der Waals surface area contributed by atoms with E-state index >= 15 is 0 Å². The maximum atomic E-state index is 4.30. The van der Waals surface area contributed by atoms with Crippen molar-refractivity contribution in [1.82, 2.24) is 0 Å². The zero-order valence-corrected chi connectivity index (χ0v) is 21.4. The summed E-state index contributed by atoms with van der Waals surface area (Å²) in [7, 11) is 0. The molecule has 6 rings (SSSR count). The lowest BCUT2D eigenvalue weighted by Crippen LogP contribution is -2.27. The molecule has 0 atom stereocenters. The average molecular weight is 487 g/mol. The molecule has 5 aromatic carbocycles. The molecule has 0 saturated heterocycles. The fourth-order valence-electron chi connectivity index (χ4n) is 6.13. The van der Waals surface area contributed by atoms with Crippen LogP contribution in [-0.4, -0.2) is 0 Å². The normalized spacial score (nSPS) is 14.5. The summed E-state index contributed by atoms with van der Waals surface area (Å²) in [5, 5.41) is 0. The van der Waals surface area contributed by atoms with Gasteiger partial charge in [-0.05, 0) is 56.5 Å². The summed E-state index contributed by atoms with van der Waals surface area (Å²) < 4.78 is 0. The Hall–Kier alpha value is -4.68. The zero-order valence-electron chi connectivity index (χ0n) is 21.4. The fourth-order valence-corrected chi connectivity index (χ4v) is 6.13. The number of benzene rings is 5. The molecule has 0 spiro atoms. The fraction of sp³-hybridized carbons (Fsp3) is 0.0526. The molecule has 0 N–H and O–H groups in total. The molecular weight excluding hydrogens is 456 g/mol. The standard InChI is InChI=1S/C38H30/c1-2-28-38(33-26-16-7-17-27-33)36(31-22-12-5-13-23-31)34(29-18-8-3-9-19-29)35(30-20-10-4-11-21-30)37(38)32-24-14-6-15-25-32/h2-27H,1,28H2. The number of hydrogen-bond acceptors (Lipinski definition) is 0. The van der Waals surface area contributed by atoms with E-state index in [1.165, 1.54) is 50.1 Å². The zero-order chi connectivity index (χ0) is 25.8. The minimum absolute atomic E-state index is 0.429. The highest BCUT2D eigenvalue weighted by molar-refractivity contribution is 6.31. The first-order valence-corrected chi connectivity index (χ1v) is 13.2. The smallest absolute Gasteiger partial charge is 0.0510 e. The highest BCUT2D eigenvalue weighted by Gasteiger charge is 2.48. The van der Waals surface area contributed by atoms with Crippen molar-refractivity contribution in [2.24, 2.45) is 0 Å². The Morgan fingerprint density at radius 3 is 1.08 bits per heavy atom. The van der Waals surface area contributed by atoms with Gasteiger partial charge in [-0.15, -0.1) is 6.58 Å². The van der Waals surface area contributed by atoms with Gasteiger partial charge in [-0.2, -0.15) is 0 Å².